The number of ether oxygens (including phenoxy) is 1. The molecule has 0 bridgehead atoms. The van der Waals surface area contributed by atoms with Gasteiger partial charge in [-0.2, -0.15) is 0 Å². The molecule has 2 aromatic carbocycles. The van der Waals surface area contributed by atoms with E-state index in [0.717, 1.165) is 17.4 Å². The molecule has 0 saturated heterocycles. The van der Waals surface area contributed by atoms with Gasteiger partial charge in [0, 0.05) is 16.6 Å². The second kappa shape index (κ2) is 8.33. The summed E-state index contributed by atoms with van der Waals surface area (Å²) in [6, 6.07) is 17.5. The van der Waals surface area contributed by atoms with Crippen LogP contribution in [-0.4, -0.2) is 27.2 Å². The summed E-state index contributed by atoms with van der Waals surface area (Å²) in [5.74, 6) is -0.444. The predicted molar refractivity (Wildman–Crippen MR) is 125 cm³/mol. The van der Waals surface area contributed by atoms with Crippen molar-refractivity contribution >= 4 is 28.6 Å². The lowest BCUT2D eigenvalue weighted by atomic mass is 10.1. The molecular formula is C25H20ClN3O4. The zero-order chi connectivity index (χ0) is 23.1. The van der Waals surface area contributed by atoms with Crippen LogP contribution in [0.15, 0.2) is 70.3 Å². The van der Waals surface area contributed by atoms with Crippen LogP contribution in [0.2, 0.25) is 5.02 Å². The van der Waals surface area contributed by atoms with Gasteiger partial charge in [0.05, 0.1) is 30.3 Å². The van der Waals surface area contributed by atoms with Crippen LogP contribution in [0.4, 0.5) is 0 Å². The highest BCUT2D eigenvalue weighted by Crippen LogP contribution is 2.40. The Labute approximate surface area is 193 Å². The molecule has 8 heteroatoms. The van der Waals surface area contributed by atoms with Crippen LogP contribution < -0.4 is 11.2 Å². The van der Waals surface area contributed by atoms with E-state index in [1.165, 1.54) is 11.7 Å². The monoisotopic (exact) mass is 461 g/mol. The fourth-order valence-corrected chi connectivity index (χ4v) is 4.20. The van der Waals surface area contributed by atoms with E-state index in [2.05, 4.69) is 0 Å². The van der Waals surface area contributed by atoms with Crippen LogP contribution in [0.3, 0.4) is 0 Å². The standard InChI is InChI=1S/C25H20ClN3O4/c1-33-24(31)19-13-20(16-10-11-16)27-22-21(19)23(30)28(14-15-6-5-7-17(26)12-15)25(32)29(22)18-8-3-2-4-9-18/h2-9,12-13,16H,10-11,14H2,1H3. The first-order valence-electron chi connectivity index (χ1n) is 10.6. The molecule has 1 aliphatic rings. The minimum atomic E-state index is -0.644. The smallest absolute Gasteiger partial charge is 0.338 e. The summed E-state index contributed by atoms with van der Waals surface area (Å²) >= 11 is 6.11. The van der Waals surface area contributed by atoms with Crippen LogP contribution in [-0.2, 0) is 11.3 Å². The molecule has 0 atom stereocenters. The molecule has 2 heterocycles. The number of benzene rings is 2. The van der Waals surface area contributed by atoms with Crippen molar-refractivity contribution in [3.05, 3.63) is 103 Å². The molecule has 2 aromatic heterocycles. The first-order valence-corrected chi connectivity index (χ1v) is 10.9. The Hall–Kier alpha value is -3.71. The predicted octanol–water partition coefficient (Wildman–Crippen LogP) is 3.91. The van der Waals surface area contributed by atoms with Crippen molar-refractivity contribution in [3.8, 4) is 5.69 Å². The van der Waals surface area contributed by atoms with E-state index in [1.807, 2.05) is 6.07 Å². The van der Waals surface area contributed by atoms with Crippen molar-refractivity contribution in [1.29, 1.82) is 0 Å². The quantitative estimate of drug-likeness (QED) is 0.421. The number of carbonyl (C=O) groups excluding carboxylic acids is 1. The minimum absolute atomic E-state index is 0.00795. The zero-order valence-corrected chi connectivity index (χ0v) is 18.6. The van der Waals surface area contributed by atoms with E-state index in [4.69, 9.17) is 21.3 Å². The first kappa shape index (κ1) is 21.2. The molecule has 33 heavy (non-hydrogen) atoms. The van der Waals surface area contributed by atoms with E-state index in [9.17, 15) is 14.4 Å². The highest BCUT2D eigenvalue weighted by atomic mass is 35.5. The molecule has 4 aromatic rings. The zero-order valence-electron chi connectivity index (χ0n) is 17.8. The molecule has 5 rings (SSSR count). The lowest BCUT2D eigenvalue weighted by Gasteiger charge is -2.16. The number of nitrogens with zero attached hydrogens (tertiary/aromatic N) is 3. The third-order valence-corrected chi connectivity index (χ3v) is 5.99. The van der Waals surface area contributed by atoms with E-state index in [-0.39, 0.29) is 29.1 Å². The molecule has 0 aliphatic heterocycles. The number of pyridine rings is 1. The van der Waals surface area contributed by atoms with Crippen molar-refractivity contribution in [2.75, 3.05) is 7.11 Å². The van der Waals surface area contributed by atoms with E-state index >= 15 is 0 Å². The summed E-state index contributed by atoms with van der Waals surface area (Å²) in [5, 5.41) is 0.549. The van der Waals surface area contributed by atoms with Gasteiger partial charge in [0.2, 0.25) is 0 Å². The third kappa shape index (κ3) is 3.85. The number of fused-ring (bicyclic) bond motifs is 1. The van der Waals surface area contributed by atoms with E-state index < -0.39 is 17.2 Å². The summed E-state index contributed by atoms with van der Waals surface area (Å²) in [6.07, 6.45) is 1.89. The normalized spacial score (nSPS) is 13.3. The van der Waals surface area contributed by atoms with Gasteiger partial charge in [-0.25, -0.2) is 19.1 Å². The first-order chi connectivity index (χ1) is 16.0. The highest BCUT2D eigenvalue weighted by molar-refractivity contribution is 6.30. The summed E-state index contributed by atoms with van der Waals surface area (Å²) in [4.78, 5) is 44.7. The van der Waals surface area contributed by atoms with Gasteiger partial charge in [-0.1, -0.05) is 41.9 Å². The number of hydrogen-bond acceptors (Lipinski definition) is 5. The van der Waals surface area contributed by atoms with E-state index in [0.29, 0.717) is 22.0 Å². The maximum atomic E-state index is 13.7. The Balaban J connectivity index is 1.89. The van der Waals surface area contributed by atoms with E-state index in [1.54, 1.807) is 54.6 Å². The van der Waals surface area contributed by atoms with Crippen LogP contribution in [0.5, 0.6) is 0 Å². The molecule has 1 fully saturated rings. The summed E-state index contributed by atoms with van der Waals surface area (Å²) in [5.41, 5.74) is 1.03. The molecule has 7 nitrogen and oxygen atoms in total. The Morgan fingerprint density at radius 2 is 1.85 bits per heavy atom. The van der Waals surface area contributed by atoms with Gasteiger partial charge >= 0.3 is 11.7 Å². The number of esters is 1. The number of para-hydroxylation sites is 1. The molecule has 0 amide bonds. The van der Waals surface area contributed by atoms with Gasteiger partial charge < -0.3 is 4.74 Å². The van der Waals surface area contributed by atoms with Crippen LogP contribution in [0.25, 0.3) is 16.7 Å². The Kier molecular flexibility index (Phi) is 5.34. The minimum Gasteiger partial charge on any atom is -0.465 e. The molecule has 166 valence electrons. The summed E-state index contributed by atoms with van der Waals surface area (Å²) in [6.45, 7) is -0.00795. The largest absolute Gasteiger partial charge is 0.465 e. The van der Waals surface area contributed by atoms with Gasteiger partial charge in [0.15, 0.2) is 5.65 Å². The van der Waals surface area contributed by atoms with Gasteiger partial charge in [-0.3, -0.25) is 9.36 Å². The summed E-state index contributed by atoms with van der Waals surface area (Å²) in [7, 11) is 1.27. The Morgan fingerprint density at radius 3 is 2.52 bits per heavy atom. The number of aromatic nitrogens is 3. The Bertz CT molecular complexity index is 1500. The average Bonchev–Trinajstić information content (AvgIpc) is 3.67. The lowest BCUT2D eigenvalue weighted by Crippen LogP contribution is -2.40. The maximum absolute atomic E-state index is 13.7. The van der Waals surface area contributed by atoms with Crippen molar-refractivity contribution < 1.29 is 9.53 Å². The Morgan fingerprint density at radius 1 is 1.09 bits per heavy atom. The number of rotatable bonds is 5. The number of carbonyl (C=O) groups is 1. The molecular weight excluding hydrogens is 442 g/mol. The van der Waals surface area contributed by atoms with Gasteiger partial charge in [-0.15, -0.1) is 0 Å². The van der Waals surface area contributed by atoms with Crippen LogP contribution >= 0.6 is 11.6 Å². The number of halogens is 1. The molecule has 0 unspecified atom stereocenters. The van der Waals surface area contributed by atoms with Crippen molar-refractivity contribution in [3.63, 3.8) is 0 Å². The highest BCUT2D eigenvalue weighted by Gasteiger charge is 2.30. The van der Waals surface area contributed by atoms with Gasteiger partial charge in [-0.05, 0) is 48.7 Å². The number of methoxy groups -OCH3 is 1. The second-order valence-electron chi connectivity index (χ2n) is 8.03. The lowest BCUT2D eigenvalue weighted by molar-refractivity contribution is 0.0602. The molecule has 1 saturated carbocycles. The van der Waals surface area contributed by atoms with Gasteiger partial charge in [0.1, 0.15) is 0 Å². The van der Waals surface area contributed by atoms with Gasteiger partial charge in [0.25, 0.3) is 5.56 Å². The summed E-state index contributed by atoms with van der Waals surface area (Å²) < 4.78 is 7.48. The topological polar surface area (TPSA) is 83.2 Å². The molecule has 0 N–H and O–H groups in total. The SMILES string of the molecule is COC(=O)c1cc(C2CC2)nc2c1c(=O)n(Cc1cccc(Cl)c1)c(=O)n2-c1ccccc1. The van der Waals surface area contributed by atoms with Crippen LogP contribution in [0.1, 0.15) is 40.4 Å². The molecule has 0 radical (unpaired) electrons. The fraction of sp³-hybridized carbons (Fsp3) is 0.200. The second-order valence-corrected chi connectivity index (χ2v) is 8.47. The van der Waals surface area contributed by atoms with Crippen molar-refractivity contribution in [2.24, 2.45) is 0 Å². The van der Waals surface area contributed by atoms with Crippen molar-refractivity contribution in [1.82, 2.24) is 14.1 Å². The average molecular weight is 462 g/mol. The molecule has 1 aliphatic carbocycles. The molecule has 0 spiro atoms. The number of hydrogen-bond donors (Lipinski definition) is 0. The van der Waals surface area contributed by atoms with Crippen LogP contribution in [0, 0.1) is 0 Å². The fourth-order valence-electron chi connectivity index (χ4n) is 3.98. The third-order valence-electron chi connectivity index (χ3n) is 5.76. The van der Waals surface area contributed by atoms with Crippen molar-refractivity contribution in [2.45, 2.75) is 25.3 Å². The maximum Gasteiger partial charge on any atom is 0.338 e.